The smallest absolute Gasteiger partial charge is 0.231 e. The number of rotatable bonds is 8. The second-order valence-electron chi connectivity index (χ2n) is 7.82. The molecule has 0 bridgehead atoms. The van der Waals surface area contributed by atoms with Crippen LogP contribution in [0.25, 0.3) is 6.08 Å². The summed E-state index contributed by atoms with van der Waals surface area (Å²) in [5, 5.41) is 0. The molecule has 0 N–H and O–H groups in total. The molecule has 164 valence electrons. The molecule has 1 fully saturated rings. The molecule has 4 rings (SSSR count). The maximum atomic E-state index is 12.7. The Morgan fingerprint density at radius 3 is 2.58 bits per heavy atom. The van der Waals surface area contributed by atoms with Crippen molar-refractivity contribution >= 4 is 11.9 Å². The number of benzene rings is 2. The van der Waals surface area contributed by atoms with Crippen LogP contribution in [0.3, 0.4) is 0 Å². The van der Waals surface area contributed by atoms with Gasteiger partial charge >= 0.3 is 0 Å². The third-order valence-electron chi connectivity index (χ3n) is 5.68. The SMILES string of the molecule is COc1ccc(/C=C2/Oc3cc(OCCCN4CCCCC4)ccc3C2=O)cc1OC. The average Bonchev–Trinajstić information content (AvgIpc) is 3.11. The maximum absolute atomic E-state index is 12.7. The van der Waals surface area contributed by atoms with Gasteiger partial charge in [0.05, 0.1) is 26.4 Å². The first-order valence-electron chi connectivity index (χ1n) is 10.8. The first-order chi connectivity index (χ1) is 15.2. The predicted molar refractivity (Wildman–Crippen MR) is 119 cm³/mol. The monoisotopic (exact) mass is 423 g/mol. The molecule has 0 aromatic heterocycles. The molecule has 1 saturated heterocycles. The number of ether oxygens (including phenoxy) is 4. The molecule has 0 radical (unpaired) electrons. The third-order valence-corrected chi connectivity index (χ3v) is 5.68. The summed E-state index contributed by atoms with van der Waals surface area (Å²) in [6.45, 7) is 4.11. The molecule has 0 saturated carbocycles. The Balaban J connectivity index is 1.38. The standard InChI is InChI=1S/C25H29NO5/c1-28-21-10-7-18(15-23(21)29-2)16-24-25(27)20-9-8-19(17-22(20)31-24)30-14-6-13-26-11-4-3-5-12-26/h7-10,15-17H,3-6,11-14H2,1-2H3/b24-16+. The Labute approximate surface area is 183 Å². The lowest BCUT2D eigenvalue weighted by Crippen LogP contribution is -2.31. The summed E-state index contributed by atoms with van der Waals surface area (Å²) >= 11 is 0. The number of piperidine rings is 1. The van der Waals surface area contributed by atoms with Crippen LogP contribution in [0.1, 0.15) is 41.6 Å². The molecule has 2 aliphatic heterocycles. The van der Waals surface area contributed by atoms with Crippen LogP contribution in [0.4, 0.5) is 0 Å². The number of nitrogens with zero attached hydrogens (tertiary/aromatic N) is 1. The van der Waals surface area contributed by atoms with Gasteiger partial charge in [-0.15, -0.1) is 0 Å². The highest BCUT2D eigenvalue weighted by Gasteiger charge is 2.27. The second kappa shape index (κ2) is 9.88. The Bertz CT molecular complexity index is 962. The van der Waals surface area contributed by atoms with Gasteiger partial charge in [-0.2, -0.15) is 0 Å². The number of hydrogen-bond acceptors (Lipinski definition) is 6. The fourth-order valence-electron chi connectivity index (χ4n) is 4.01. The molecule has 6 nitrogen and oxygen atoms in total. The highest BCUT2D eigenvalue weighted by Crippen LogP contribution is 2.36. The molecule has 0 unspecified atom stereocenters. The van der Waals surface area contributed by atoms with E-state index in [1.807, 2.05) is 18.2 Å². The number of Topliss-reactive ketones (excluding diaryl/α,β-unsaturated/α-hetero) is 1. The van der Waals surface area contributed by atoms with Gasteiger partial charge in [0.2, 0.25) is 5.78 Å². The first-order valence-corrected chi connectivity index (χ1v) is 10.8. The van der Waals surface area contributed by atoms with Crippen molar-refractivity contribution < 1.29 is 23.7 Å². The summed E-state index contributed by atoms with van der Waals surface area (Å²) in [7, 11) is 3.17. The van der Waals surface area contributed by atoms with E-state index in [1.54, 1.807) is 38.5 Å². The predicted octanol–water partition coefficient (Wildman–Crippen LogP) is 4.57. The van der Waals surface area contributed by atoms with Gasteiger partial charge in [-0.1, -0.05) is 12.5 Å². The summed E-state index contributed by atoms with van der Waals surface area (Å²) in [5.41, 5.74) is 1.34. The van der Waals surface area contributed by atoms with Gasteiger partial charge < -0.3 is 23.8 Å². The summed E-state index contributed by atoms with van der Waals surface area (Å²) in [5.74, 6) is 2.63. The average molecular weight is 424 g/mol. The molecule has 6 heteroatoms. The van der Waals surface area contributed by atoms with Crippen molar-refractivity contribution in [2.75, 3.05) is 40.5 Å². The van der Waals surface area contributed by atoms with Crippen LogP contribution in [-0.4, -0.2) is 51.1 Å². The number of fused-ring (bicyclic) bond motifs is 1. The van der Waals surface area contributed by atoms with Crippen molar-refractivity contribution in [3.63, 3.8) is 0 Å². The van der Waals surface area contributed by atoms with E-state index < -0.39 is 0 Å². The number of allylic oxidation sites excluding steroid dienone is 1. The van der Waals surface area contributed by atoms with Crippen molar-refractivity contribution in [3.05, 3.63) is 53.3 Å². The van der Waals surface area contributed by atoms with Gasteiger partial charge in [-0.3, -0.25) is 4.79 Å². The molecular weight excluding hydrogens is 394 g/mol. The largest absolute Gasteiger partial charge is 0.493 e. The Kier molecular flexibility index (Phi) is 6.77. The fraction of sp³-hybridized carbons (Fsp3) is 0.400. The summed E-state index contributed by atoms with van der Waals surface area (Å²) < 4.78 is 22.3. The van der Waals surface area contributed by atoms with E-state index in [-0.39, 0.29) is 11.5 Å². The zero-order valence-electron chi connectivity index (χ0n) is 18.2. The van der Waals surface area contributed by atoms with Crippen LogP contribution < -0.4 is 18.9 Å². The van der Waals surface area contributed by atoms with E-state index in [0.717, 1.165) is 24.3 Å². The molecular formula is C25H29NO5. The van der Waals surface area contributed by atoms with Crippen LogP contribution in [0.5, 0.6) is 23.0 Å². The molecule has 2 aromatic rings. The second-order valence-corrected chi connectivity index (χ2v) is 7.82. The fourth-order valence-corrected chi connectivity index (χ4v) is 4.01. The topological polar surface area (TPSA) is 57.2 Å². The van der Waals surface area contributed by atoms with E-state index in [0.29, 0.717) is 29.4 Å². The number of likely N-dealkylation sites (tertiary alicyclic amines) is 1. The number of hydrogen-bond donors (Lipinski definition) is 0. The van der Waals surface area contributed by atoms with Crippen LogP contribution >= 0.6 is 0 Å². The van der Waals surface area contributed by atoms with Crippen LogP contribution in [0.15, 0.2) is 42.2 Å². The zero-order chi connectivity index (χ0) is 21.6. The lowest BCUT2D eigenvalue weighted by Gasteiger charge is -2.26. The molecule has 0 spiro atoms. The van der Waals surface area contributed by atoms with Crippen molar-refractivity contribution in [1.29, 1.82) is 0 Å². The van der Waals surface area contributed by atoms with Gasteiger partial charge in [-0.25, -0.2) is 0 Å². The zero-order valence-corrected chi connectivity index (χ0v) is 18.2. The van der Waals surface area contributed by atoms with Gasteiger partial charge in [0.1, 0.15) is 11.5 Å². The molecule has 2 aromatic carbocycles. The normalized spacial score (nSPS) is 17.4. The highest BCUT2D eigenvalue weighted by atomic mass is 16.5. The van der Waals surface area contributed by atoms with Gasteiger partial charge in [0, 0.05) is 12.6 Å². The minimum Gasteiger partial charge on any atom is -0.493 e. The third kappa shape index (κ3) is 5.02. The van der Waals surface area contributed by atoms with E-state index in [1.165, 1.54) is 32.4 Å². The van der Waals surface area contributed by atoms with Crippen molar-refractivity contribution in [2.24, 2.45) is 0 Å². The molecule has 31 heavy (non-hydrogen) atoms. The number of ketones is 1. The minimum absolute atomic E-state index is 0.138. The van der Waals surface area contributed by atoms with Gasteiger partial charge in [0.25, 0.3) is 0 Å². The van der Waals surface area contributed by atoms with E-state index >= 15 is 0 Å². The van der Waals surface area contributed by atoms with E-state index in [4.69, 9.17) is 18.9 Å². The molecule has 0 aliphatic carbocycles. The Hall–Kier alpha value is -2.99. The van der Waals surface area contributed by atoms with Crippen molar-refractivity contribution in [1.82, 2.24) is 4.90 Å². The summed E-state index contributed by atoms with van der Waals surface area (Å²) in [6.07, 6.45) is 6.65. The van der Waals surface area contributed by atoms with E-state index in [2.05, 4.69) is 4.90 Å². The Morgan fingerprint density at radius 1 is 1.00 bits per heavy atom. The van der Waals surface area contributed by atoms with Crippen LogP contribution in [-0.2, 0) is 0 Å². The van der Waals surface area contributed by atoms with Gasteiger partial charge in [0.15, 0.2) is 17.3 Å². The quantitative estimate of drug-likeness (QED) is 0.458. The van der Waals surface area contributed by atoms with Gasteiger partial charge in [-0.05, 0) is 68.3 Å². The number of carbonyl (C=O) groups is 1. The molecule has 2 heterocycles. The minimum atomic E-state index is -0.138. The molecule has 2 aliphatic rings. The van der Waals surface area contributed by atoms with Crippen LogP contribution in [0, 0.1) is 0 Å². The van der Waals surface area contributed by atoms with E-state index in [9.17, 15) is 4.79 Å². The summed E-state index contributed by atoms with van der Waals surface area (Å²) in [6, 6.07) is 10.9. The van der Waals surface area contributed by atoms with Crippen molar-refractivity contribution in [2.45, 2.75) is 25.7 Å². The summed E-state index contributed by atoms with van der Waals surface area (Å²) in [4.78, 5) is 15.2. The van der Waals surface area contributed by atoms with Crippen molar-refractivity contribution in [3.8, 4) is 23.0 Å². The lowest BCUT2D eigenvalue weighted by molar-refractivity contribution is 0.101. The first kappa shape index (κ1) is 21.2. The lowest BCUT2D eigenvalue weighted by atomic mass is 10.1. The van der Waals surface area contributed by atoms with Crippen LogP contribution in [0.2, 0.25) is 0 Å². The molecule has 0 amide bonds. The Morgan fingerprint density at radius 2 is 1.81 bits per heavy atom. The number of carbonyl (C=O) groups excluding carboxylic acids is 1. The maximum Gasteiger partial charge on any atom is 0.231 e. The highest BCUT2D eigenvalue weighted by molar-refractivity contribution is 6.14. The molecule has 0 atom stereocenters. The number of methoxy groups -OCH3 is 2.